The molecular formula is C23H27N7O3. The largest absolute Gasteiger partial charge is 0.439 e. The second kappa shape index (κ2) is 10.3. The summed E-state index contributed by atoms with van der Waals surface area (Å²) in [6.45, 7) is 7.53. The summed E-state index contributed by atoms with van der Waals surface area (Å²) in [5, 5.41) is 12.3. The van der Waals surface area contributed by atoms with E-state index in [4.69, 9.17) is 9.84 Å². The van der Waals surface area contributed by atoms with Crippen LogP contribution in [-0.4, -0.2) is 75.1 Å². The number of ether oxygens (including phenoxy) is 1. The number of hydrogen-bond donors (Lipinski definition) is 2. The number of aliphatic hydroxyl groups is 1. The number of aromatic nitrogens is 4. The molecule has 3 aromatic rings. The molecule has 2 N–H and O–H groups in total. The first-order valence-corrected chi connectivity index (χ1v) is 10.8. The number of hydrogen-bond acceptors (Lipinski definition) is 10. The van der Waals surface area contributed by atoms with Crippen LogP contribution in [0.25, 0.3) is 0 Å². The highest BCUT2D eigenvalue weighted by Crippen LogP contribution is 2.22. The maximum atomic E-state index is 11.4. The van der Waals surface area contributed by atoms with E-state index >= 15 is 0 Å². The Morgan fingerprint density at radius 1 is 1.06 bits per heavy atom. The Morgan fingerprint density at radius 2 is 1.82 bits per heavy atom. The summed E-state index contributed by atoms with van der Waals surface area (Å²) in [7, 11) is 0. The fourth-order valence-corrected chi connectivity index (χ4v) is 3.50. The number of ketones is 1. The minimum Gasteiger partial charge on any atom is -0.439 e. The van der Waals surface area contributed by atoms with Crippen LogP contribution in [0.3, 0.4) is 0 Å². The van der Waals surface area contributed by atoms with Crippen LogP contribution >= 0.6 is 0 Å². The van der Waals surface area contributed by atoms with Gasteiger partial charge in [0.15, 0.2) is 5.78 Å². The maximum Gasteiger partial charge on any atom is 0.232 e. The van der Waals surface area contributed by atoms with Gasteiger partial charge in [-0.25, -0.2) is 4.98 Å². The van der Waals surface area contributed by atoms with Crippen molar-refractivity contribution in [3.63, 3.8) is 0 Å². The molecule has 0 aliphatic carbocycles. The van der Waals surface area contributed by atoms with E-state index in [1.165, 1.54) is 6.92 Å². The molecule has 1 aromatic carbocycles. The zero-order valence-electron chi connectivity index (χ0n) is 18.7. The summed E-state index contributed by atoms with van der Waals surface area (Å²) in [5.41, 5.74) is 1.35. The van der Waals surface area contributed by atoms with E-state index in [2.05, 4.69) is 35.1 Å². The molecule has 1 aliphatic heterocycles. The molecule has 3 heterocycles. The van der Waals surface area contributed by atoms with Gasteiger partial charge in [0, 0.05) is 44.4 Å². The van der Waals surface area contributed by atoms with Crippen molar-refractivity contribution in [1.82, 2.24) is 24.8 Å². The van der Waals surface area contributed by atoms with E-state index < -0.39 is 0 Å². The first-order chi connectivity index (χ1) is 16.0. The van der Waals surface area contributed by atoms with Crippen LogP contribution in [0.1, 0.15) is 23.1 Å². The summed E-state index contributed by atoms with van der Waals surface area (Å²) in [5.74, 6) is 2.76. The predicted octanol–water partition coefficient (Wildman–Crippen LogP) is 2.43. The van der Waals surface area contributed by atoms with Crippen molar-refractivity contribution >= 4 is 23.4 Å². The molecule has 10 nitrogen and oxygen atoms in total. The highest BCUT2D eigenvalue weighted by molar-refractivity contribution is 5.94. The summed E-state index contributed by atoms with van der Waals surface area (Å²) in [4.78, 5) is 33.5. The minimum atomic E-state index is 0.00999. The Hall–Kier alpha value is -3.63. The lowest BCUT2D eigenvalue weighted by atomic mass is 10.1. The predicted molar refractivity (Wildman–Crippen MR) is 124 cm³/mol. The van der Waals surface area contributed by atoms with Gasteiger partial charge in [0.05, 0.1) is 18.5 Å². The molecule has 0 amide bonds. The first-order valence-electron chi connectivity index (χ1n) is 10.8. The number of carbonyl (C=O) groups is 1. The molecular weight excluding hydrogens is 422 g/mol. The van der Waals surface area contributed by atoms with Gasteiger partial charge in [-0.3, -0.25) is 9.69 Å². The van der Waals surface area contributed by atoms with Crippen LogP contribution in [0.4, 0.5) is 17.6 Å². The smallest absolute Gasteiger partial charge is 0.232 e. The Balaban J connectivity index is 1.39. The van der Waals surface area contributed by atoms with Gasteiger partial charge in [-0.05, 0) is 44.2 Å². The van der Waals surface area contributed by atoms with Gasteiger partial charge < -0.3 is 20.1 Å². The van der Waals surface area contributed by atoms with Crippen molar-refractivity contribution < 1.29 is 14.6 Å². The summed E-state index contributed by atoms with van der Waals surface area (Å²) in [6, 6.07) is 10.5. The molecule has 2 aromatic heterocycles. The third-order valence-electron chi connectivity index (χ3n) is 5.28. The molecule has 172 valence electrons. The number of aliphatic hydroxyl groups excluding tert-OH is 1. The number of anilines is 3. The van der Waals surface area contributed by atoms with Gasteiger partial charge in [0.1, 0.15) is 11.6 Å². The van der Waals surface area contributed by atoms with Crippen LogP contribution in [0.15, 0.2) is 42.6 Å². The number of carbonyl (C=O) groups excluding carboxylic acids is 1. The molecule has 33 heavy (non-hydrogen) atoms. The van der Waals surface area contributed by atoms with Gasteiger partial charge in [-0.1, -0.05) is 0 Å². The lowest BCUT2D eigenvalue weighted by molar-refractivity contribution is 0.101. The monoisotopic (exact) mass is 449 g/mol. The Labute approximate surface area is 192 Å². The zero-order chi connectivity index (χ0) is 23.2. The molecule has 0 bridgehead atoms. The van der Waals surface area contributed by atoms with Crippen molar-refractivity contribution in [3.05, 3.63) is 54.0 Å². The first kappa shape index (κ1) is 22.6. The summed E-state index contributed by atoms with van der Waals surface area (Å²) in [6.07, 6.45) is 1.64. The third kappa shape index (κ3) is 5.99. The lowest BCUT2D eigenvalue weighted by Gasteiger charge is -2.34. The van der Waals surface area contributed by atoms with Crippen molar-refractivity contribution in [3.8, 4) is 11.6 Å². The summed E-state index contributed by atoms with van der Waals surface area (Å²) < 4.78 is 5.74. The van der Waals surface area contributed by atoms with E-state index in [0.29, 0.717) is 41.5 Å². The minimum absolute atomic E-state index is 0.00999. The highest BCUT2D eigenvalue weighted by Gasteiger charge is 2.19. The number of β-amino-alcohol motifs (C(OH)–C–C–N with tert-alkyl or cyclic N) is 1. The summed E-state index contributed by atoms with van der Waals surface area (Å²) >= 11 is 0. The van der Waals surface area contributed by atoms with E-state index in [9.17, 15) is 4.79 Å². The van der Waals surface area contributed by atoms with Crippen LogP contribution in [-0.2, 0) is 0 Å². The maximum absolute atomic E-state index is 11.4. The molecule has 0 unspecified atom stereocenters. The number of pyridine rings is 1. The van der Waals surface area contributed by atoms with Crippen LogP contribution < -0.4 is 15.0 Å². The van der Waals surface area contributed by atoms with Gasteiger partial charge in [-0.15, -0.1) is 0 Å². The Morgan fingerprint density at radius 3 is 2.45 bits per heavy atom. The number of nitrogens with one attached hydrogen (secondary N) is 1. The van der Waals surface area contributed by atoms with Crippen LogP contribution in [0.5, 0.6) is 11.6 Å². The second-order valence-electron chi connectivity index (χ2n) is 7.75. The molecule has 0 saturated carbocycles. The second-order valence-corrected chi connectivity index (χ2v) is 7.75. The number of benzene rings is 1. The van der Waals surface area contributed by atoms with E-state index in [-0.39, 0.29) is 12.4 Å². The van der Waals surface area contributed by atoms with Gasteiger partial charge in [-0.2, -0.15) is 15.0 Å². The third-order valence-corrected chi connectivity index (χ3v) is 5.28. The fourth-order valence-electron chi connectivity index (χ4n) is 3.50. The van der Waals surface area contributed by atoms with Crippen molar-refractivity contribution in [1.29, 1.82) is 0 Å². The van der Waals surface area contributed by atoms with Crippen molar-refractivity contribution in [2.45, 2.75) is 13.8 Å². The van der Waals surface area contributed by atoms with Gasteiger partial charge in [0.2, 0.25) is 17.8 Å². The Kier molecular flexibility index (Phi) is 7.06. The van der Waals surface area contributed by atoms with E-state index in [1.807, 2.05) is 13.0 Å². The molecule has 10 heteroatoms. The molecule has 0 spiro atoms. The van der Waals surface area contributed by atoms with Crippen LogP contribution in [0.2, 0.25) is 0 Å². The average molecular weight is 450 g/mol. The topological polar surface area (TPSA) is 117 Å². The van der Waals surface area contributed by atoms with Gasteiger partial charge >= 0.3 is 0 Å². The van der Waals surface area contributed by atoms with Crippen LogP contribution in [0, 0.1) is 6.92 Å². The van der Waals surface area contributed by atoms with E-state index in [0.717, 1.165) is 31.9 Å². The molecule has 1 saturated heterocycles. The van der Waals surface area contributed by atoms with Crippen molar-refractivity contribution in [2.24, 2.45) is 0 Å². The molecule has 0 atom stereocenters. The van der Waals surface area contributed by atoms with E-state index in [1.54, 1.807) is 36.5 Å². The molecule has 4 rings (SSSR count). The molecule has 1 fully saturated rings. The zero-order valence-corrected chi connectivity index (χ0v) is 18.7. The number of rotatable bonds is 8. The van der Waals surface area contributed by atoms with Crippen molar-refractivity contribution in [2.75, 3.05) is 49.5 Å². The SMILES string of the molecule is CC(=O)c1ccc(Oc2ccc(Nc3nc(C)nc(N4CCN(CCO)CC4)n3)cn2)cc1. The highest BCUT2D eigenvalue weighted by atomic mass is 16.5. The number of Topliss-reactive ketones (excluding diaryl/α,β-unsaturated/α-hetero) is 1. The standard InChI is InChI=1S/C23H27N7O3/c1-16(32)18-3-6-20(7-4-18)33-21-8-5-19(15-24-21)27-22-25-17(2)26-23(28-22)30-11-9-29(10-12-30)13-14-31/h3-8,15,31H,9-14H2,1-2H3,(H,25,26,27,28). The van der Waals surface area contributed by atoms with Gasteiger partial charge in [0.25, 0.3) is 0 Å². The quantitative estimate of drug-likeness (QED) is 0.497. The lowest BCUT2D eigenvalue weighted by Crippen LogP contribution is -2.47. The normalized spacial score (nSPS) is 14.2. The molecule has 0 radical (unpaired) electrons. The molecule has 1 aliphatic rings. The number of aryl methyl sites for hydroxylation is 1. The fraction of sp³-hybridized carbons (Fsp3) is 0.348. The number of piperazine rings is 1. The number of nitrogens with zero attached hydrogens (tertiary/aromatic N) is 6. The Bertz CT molecular complexity index is 1080. The average Bonchev–Trinajstić information content (AvgIpc) is 2.81.